The summed E-state index contributed by atoms with van der Waals surface area (Å²) < 4.78 is 0. The molecule has 0 radical (unpaired) electrons. The molecule has 3 rings (SSSR count). The van der Waals surface area contributed by atoms with E-state index >= 15 is 0 Å². The maximum absolute atomic E-state index is 12.1. The summed E-state index contributed by atoms with van der Waals surface area (Å²) in [6.07, 6.45) is 2.70. The van der Waals surface area contributed by atoms with Gasteiger partial charge in [-0.1, -0.05) is 0 Å². The molecule has 0 aliphatic rings. The number of carbonyl (C=O) groups excluding carboxylic acids is 1. The number of aromatic nitrogens is 3. The fourth-order valence-electron chi connectivity index (χ4n) is 1.90. The van der Waals surface area contributed by atoms with Crippen LogP contribution in [0, 0.1) is 6.92 Å². The van der Waals surface area contributed by atoms with Crippen LogP contribution in [-0.4, -0.2) is 20.9 Å². The van der Waals surface area contributed by atoms with Crippen molar-refractivity contribution in [2.24, 2.45) is 0 Å². The highest BCUT2D eigenvalue weighted by Gasteiger charge is 2.11. The van der Waals surface area contributed by atoms with Crippen molar-refractivity contribution in [1.82, 2.24) is 15.0 Å². The molecule has 6 nitrogen and oxygen atoms in total. The smallest absolute Gasteiger partial charge is 0.260 e. The van der Waals surface area contributed by atoms with E-state index < -0.39 is 0 Å². The van der Waals surface area contributed by atoms with Crippen molar-refractivity contribution < 1.29 is 4.79 Å². The van der Waals surface area contributed by atoms with Gasteiger partial charge in [0.15, 0.2) is 0 Å². The number of hydrogen-bond acceptors (Lipinski definition) is 6. The van der Waals surface area contributed by atoms with Crippen molar-refractivity contribution >= 4 is 28.7 Å². The number of benzene rings is 1. The molecule has 2 aromatic heterocycles. The molecular formula is C15H13N5OS. The normalized spacial score (nSPS) is 10.4. The molecule has 2 heterocycles. The molecule has 0 spiro atoms. The lowest BCUT2D eigenvalue weighted by atomic mass is 10.2. The molecule has 0 aliphatic carbocycles. The van der Waals surface area contributed by atoms with Gasteiger partial charge in [-0.15, -0.1) is 11.3 Å². The topological polar surface area (TPSA) is 93.8 Å². The molecule has 0 unspecified atom stereocenters. The quantitative estimate of drug-likeness (QED) is 0.775. The largest absolute Gasteiger partial charge is 0.383 e. The van der Waals surface area contributed by atoms with Gasteiger partial charge in [0.1, 0.15) is 22.7 Å². The molecule has 1 amide bonds. The van der Waals surface area contributed by atoms with Crippen molar-refractivity contribution in [3.05, 3.63) is 53.4 Å². The third-order valence-electron chi connectivity index (χ3n) is 3.00. The number of rotatable bonds is 3. The Bertz CT molecular complexity index is 813. The Morgan fingerprint density at radius 2 is 2.05 bits per heavy atom. The van der Waals surface area contributed by atoms with Gasteiger partial charge >= 0.3 is 0 Å². The summed E-state index contributed by atoms with van der Waals surface area (Å²) in [5.41, 5.74) is 8.59. The average Bonchev–Trinajstić information content (AvgIpc) is 2.95. The van der Waals surface area contributed by atoms with E-state index in [1.165, 1.54) is 12.5 Å². The molecule has 110 valence electrons. The number of thiazole rings is 1. The first-order valence-electron chi connectivity index (χ1n) is 6.53. The molecule has 0 fully saturated rings. The first-order chi connectivity index (χ1) is 10.6. The lowest BCUT2D eigenvalue weighted by Crippen LogP contribution is -2.15. The summed E-state index contributed by atoms with van der Waals surface area (Å²) in [6, 6.07) is 7.48. The Kier molecular flexibility index (Phi) is 3.80. The van der Waals surface area contributed by atoms with E-state index in [9.17, 15) is 4.79 Å². The zero-order valence-electron chi connectivity index (χ0n) is 11.8. The highest BCUT2D eigenvalue weighted by molar-refractivity contribution is 7.13. The predicted molar refractivity (Wildman–Crippen MR) is 86.7 cm³/mol. The summed E-state index contributed by atoms with van der Waals surface area (Å²) in [5, 5.41) is 5.72. The summed E-state index contributed by atoms with van der Waals surface area (Å²) in [4.78, 5) is 24.1. The Labute approximate surface area is 131 Å². The first kappa shape index (κ1) is 14.2. The van der Waals surface area contributed by atoms with Gasteiger partial charge in [0.25, 0.3) is 5.91 Å². The number of nitrogens with two attached hydrogens (primary N) is 1. The first-order valence-corrected chi connectivity index (χ1v) is 7.41. The molecular weight excluding hydrogens is 298 g/mol. The number of nitrogen functional groups attached to an aromatic ring is 1. The molecule has 0 aliphatic heterocycles. The van der Waals surface area contributed by atoms with Gasteiger partial charge in [0.2, 0.25) is 0 Å². The van der Waals surface area contributed by atoms with E-state index in [0.29, 0.717) is 5.69 Å². The third kappa shape index (κ3) is 2.94. The summed E-state index contributed by atoms with van der Waals surface area (Å²) in [6.45, 7) is 1.96. The molecule has 0 saturated carbocycles. The minimum Gasteiger partial charge on any atom is -0.383 e. The summed E-state index contributed by atoms with van der Waals surface area (Å²) in [7, 11) is 0. The van der Waals surface area contributed by atoms with Gasteiger partial charge in [0.05, 0.1) is 0 Å². The second-order valence-corrected chi connectivity index (χ2v) is 5.51. The number of carbonyl (C=O) groups is 1. The van der Waals surface area contributed by atoms with Crippen LogP contribution in [0.5, 0.6) is 0 Å². The van der Waals surface area contributed by atoms with Crippen LogP contribution >= 0.6 is 11.3 Å². The molecule has 7 heteroatoms. The molecule has 1 aromatic carbocycles. The van der Waals surface area contributed by atoms with Gasteiger partial charge in [-0.2, -0.15) is 0 Å². The zero-order chi connectivity index (χ0) is 15.5. The monoisotopic (exact) mass is 311 g/mol. The molecule has 3 aromatic rings. The van der Waals surface area contributed by atoms with Gasteiger partial charge in [-0.05, 0) is 31.2 Å². The van der Waals surface area contributed by atoms with Crippen LogP contribution in [0.4, 0.5) is 11.5 Å². The maximum Gasteiger partial charge on any atom is 0.260 e. The van der Waals surface area contributed by atoms with Crippen LogP contribution in [0.25, 0.3) is 10.6 Å². The van der Waals surface area contributed by atoms with Crippen LogP contribution in [0.3, 0.4) is 0 Å². The molecule has 0 saturated heterocycles. The average molecular weight is 311 g/mol. The second kappa shape index (κ2) is 5.90. The Hall–Kier alpha value is -2.80. The highest BCUT2D eigenvalue weighted by atomic mass is 32.1. The van der Waals surface area contributed by atoms with Crippen molar-refractivity contribution in [3.8, 4) is 10.6 Å². The zero-order valence-corrected chi connectivity index (χ0v) is 12.6. The molecule has 0 atom stereocenters. The Morgan fingerprint density at radius 1 is 1.27 bits per heavy atom. The maximum atomic E-state index is 12.1. The van der Waals surface area contributed by atoms with E-state index in [4.69, 9.17) is 5.73 Å². The van der Waals surface area contributed by atoms with E-state index in [1.54, 1.807) is 11.3 Å². The number of anilines is 2. The van der Waals surface area contributed by atoms with Crippen LogP contribution in [-0.2, 0) is 0 Å². The summed E-state index contributed by atoms with van der Waals surface area (Å²) >= 11 is 1.59. The van der Waals surface area contributed by atoms with Crippen molar-refractivity contribution in [1.29, 1.82) is 0 Å². The highest BCUT2D eigenvalue weighted by Crippen LogP contribution is 2.25. The molecule has 3 N–H and O–H groups in total. The molecule has 0 bridgehead atoms. The van der Waals surface area contributed by atoms with Crippen molar-refractivity contribution in [2.75, 3.05) is 11.1 Å². The number of hydrogen-bond donors (Lipinski definition) is 2. The van der Waals surface area contributed by atoms with E-state index in [-0.39, 0.29) is 17.3 Å². The van der Waals surface area contributed by atoms with Crippen molar-refractivity contribution in [2.45, 2.75) is 6.92 Å². The van der Waals surface area contributed by atoms with E-state index in [2.05, 4.69) is 20.3 Å². The van der Waals surface area contributed by atoms with E-state index in [1.807, 2.05) is 36.6 Å². The Morgan fingerprint density at radius 3 is 2.68 bits per heavy atom. The Balaban J connectivity index is 1.76. The van der Waals surface area contributed by atoms with Gasteiger partial charge in [-0.25, -0.2) is 15.0 Å². The lowest BCUT2D eigenvalue weighted by Gasteiger charge is -2.06. The predicted octanol–water partition coefficient (Wildman–Crippen LogP) is 2.74. The third-order valence-corrected chi connectivity index (χ3v) is 4.01. The van der Waals surface area contributed by atoms with E-state index in [0.717, 1.165) is 16.3 Å². The van der Waals surface area contributed by atoms with Crippen LogP contribution in [0.15, 0.2) is 42.2 Å². The standard InChI is InChI=1S/C15H13N5OS/c1-9-7-22-15(19-9)10-2-4-11(5-3-10)20-14(21)12-6-17-8-18-13(12)16/h2-8H,1H3,(H,20,21)(H2,16,17,18). The minimum absolute atomic E-state index is 0.155. The van der Waals surface area contributed by atoms with Crippen LogP contribution < -0.4 is 11.1 Å². The SMILES string of the molecule is Cc1csc(-c2ccc(NC(=O)c3cncnc3N)cc2)n1. The van der Waals surface area contributed by atoms with Gasteiger partial charge in [0, 0.05) is 28.5 Å². The van der Waals surface area contributed by atoms with Crippen molar-refractivity contribution in [3.63, 3.8) is 0 Å². The van der Waals surface area contributed by atoms with Crippen LogP contribution in [0.2, 0.25) is 0 Å². The van der Waals surface area contributed by atoms with Crippen LogP contribution in [0.1, 0.15) is 16.1 Å². The lowest BCUT2D eigenvalue weighted by molar-refractivity contribution is 0.102. The van der Waals surface area contributed by atoms with Gasteiger partial charge in [-0.3, -0.25) is 4.79 Å². The minimum atomic E-state index is -0.337. The van der Waals surface area contributed by atoms with Gasteiger partial charge < -0.3 is 11.1 Å². The second-order valence-electron chi connectivity index (χ2n) is 4.65. The fraction of sp³-hybridized carbons (Fsp3) is 0.0667. The number of nitrogens with one attached hydrogen (secondary N) is 1. The number of nitrogens with zero attached hydrogens (tertiary/aromatic N) is 3. The fourth-order valence-corrected chi connectivity index (χ4v) is 2.70. The molecule has 22 heavy (non-hydrogen) atoms. The number of amides is 1. The number of aryl methyl sites for hydroxylation is 1. The summed E-state index contributed by atoms with van der Waals surface area (Å²) in [5.74, 6) is -0.182.